The smallest absolute Gasteiger partial charge is 0.267 e. The Morgan fingerprint density at radius 3 is 2.87 bits per heavy atom. The molecule has 2 aromatic heterocycles. The van der Waals surface area contributed by atoms with E-state index in [-0.39, 0.29) is 23.9 Å². The number of halogens is 2. The van der Waals surface area contributed by atoms with Crippen LogP contribution in [0.25, 0.3) is 11.6 Å². The van der Waals surface area contributed by atoms with Crippen molar-refractivity contribution in [3.8, 4) is 11.6 Å². The van der Waals surface area contributed by atoms with E-state index in [4.69, 9.17) is 4.42 Å². The van der Waals surface area contributed by atoms with Crippen LogP contribution in [-0.4, -0.2) is 26.1 Å². The van der Waals surface area contributed by atoms with Crippen LogP contribution in [0.15, 0.2) is 41.2 Å². The third-order valence-electron chi connectivity index (χ3n) is 2.76. The molecule has 0 fully saturated rings. The summed E-state index contributed by atoms with van der Waals surface area (Å²) in [6.45, 7) is 0. The molecule has 0 aliphatic carbocycles. The highest BCUT2D eigenvalue weighted by molar-refractivity contribution is 5.91. The maximum absolute atomic E-state index is 13.4. The van der Waals surface area contributed by atoms with Gasteiger partial charge < -0.3 is 9.73 Å². The van der Waals surface area contributed by atoms with Crippen LogP contribution in [0.5, 0.6) is 0 Å². The molecule has 0 aliphatic rings. The van der Waals surface area contributed by atoms with Gasteiger partial charge in [0.1, 0.15) is 23.7 Å². The van der Waals surface area contributed by atoms with E-state index in [1.54, 1.807) is 0 Å². The summed E-state index contributed by atoms with van der Waals surface area (Å²) in [7, 11) is 0. The van der Waals surface area contributed by atoms with Crippen molar-refractivity contribution in [1.29, 1.82) is 0 Å². The lowest BCUT2D eigenvalue weighted by molar-refractivity contribution is -0.115. The standard InChI is InChI=1S/C14H9F2N5O2/c15-8-1-2-9(16)10(5-8)19-12(22)6-13-20-21-14(23-13)11-7-17-3-4-18-11/h1-5,7H,6H2,(H,19,22). The number of rotatable bonds is 4. The van der Waals surface area contributed by atoms with Crippen molar-refractivity contribution in [3.63, 3.8) is 0 Å². The number of anilines is 1. The molecule has 1 aromatic carbocycles. The summed E-state index contributed by atoms with van der Waals surface area (Å²) in [5.41, 5.74) is 0.103. The Labute approximate surface area is 128 Å². The number of aromatic nitrogens is 4. The zero-order valence-corrected chi connectivity index (χ0v) is 11.5. The molecule has 1 N–H and O–H groups in total. The summed E-state index contributed by atoms with van der Waals surface area (Å²) < 4.78 is 31.8. The van der Waals surface area contributed by atoms with Crippen molar-refractivity contribution in [2.45, 2.75) is 6.42 Å². The van der Waals surface area contributed by atoms with Crippen molar-refractivity contribution >= 4 is 11.6 Å². The minimum absolute atomic E-state index is 0.0139. The molecular weight excluding hydrogens is 308 g/mol. The van der Waals surface area contributed by atoms with E-state index in [1.165, 1.54) is 18.6 Å². The molecule has 7 nitrogen and oxygen atoms in total. The van der Waals surface area contributed by atoms with Gasteiger partial charge in [0.2, 0.25) is 11.8 Å². The van der Waals surface area contributed by atoms with Gasteiger partial charge in [-0.15, -0.1) is 10.2 Å². The number of hydrogen-bond acceptors (Lipinski definition) is 6. The molecule has 0 atom stereocenters. The predicted molar refractivity (Wildman–Crippen MR) is 74.0 cm³/mol. The van der Waals surface area contributed by atoms with Crippen molar-refractivity contribution in [2.75, 3.05) is 5.32 Å². The molecular formula is C14H9F2N5O2. The first-order valence-corrected chi connectivity index (χ1v) is 6.45. The average Bonchev–Trinajstić information content (AvgIpc) is 3.00. The largest absolute Gasteiger partial charge is 0.419 e. The fourth-order valence-corrected chi connectivity index (χ4v) is 1.76. The van der Waals surface area contributed by atoms with Crippen LogP contribution in [0.4, 0.5) is 14.5 Å². The molecule has 1 amide bonds. The van der Waals surface area contributed by atoms with E-state index in [1.807, 2.05) is 0 Å². The molecule has 3 rings (SSSR count). The van der Waals surface area contributed by atoms with Gasteiger partial charge in [0, 0.05) is 18.5 Å². The maximum Gasteiger partial charge on any atom is 0.267 e. The molecule has 0 aliphatic heterocycles. The molecule has 9 heteroatoms. The van der Waals surface area contributed by atoms with Gasteiger partial charge in [-0.2, -0.15) is 0 Å². The molecule has 0 bridgehead atoms. The molecule has 0 saturated heterocycles. The van der Waals surface area contributed by atoms with Gasteiger partial charge in [-0.1, -0.05) is 0 Å². The highest BCUT2D eigenvalue weighted by Crippen LogP contribution is 2.17. The second kappa shape index (κ2) is 6.26. The third-order valence-corrected chi connectivity index (χ3v) is 2.76. The van der Waals surface area contributed by atoms with E-state index in [9.17, 15) is 13.6 Å². The van der Waals surface area contributed by atoms with Crippen LogP contribution >= 0.6 is 0 Å². The van der Waals surface area contributed by atoms with Crippen molar-refractivity contribution in [2.24, 2.45) is 0 Å². The number of hydrogen-bond donors (Lipinski definition) is 1. The van der Waals surface area contributed by atoms with Gasteiger partial charge in [0.05, 0.1) is 11.9 Å². The zero-order chi connectivity index (χ0) is 16.2. The Kier molecular flexibility index (Phi) is 4.00. The highest BCUT2D eigenvalue weighted by atomic mass is 19.1. The van der Waals surface area contributed by atoms with E-state index < -0.39 is 17.5 Å². The van der Waals surface area contributed by atoms with Crippen LogP contribution in [0.2, 0.25) is 0 Å². The highest BCUT2D eigenvalue weighted by Gasteiger charge is 2.15. The predicted octanol–water partition coefficient (Wildman–Crippen LogP) is 1.99. The van der Waals surface area contributed by atoms with Crippen LogP contribution in [0.1, 0.15) is 5.89 Å². The first kappa shape index (κ1) is 14.7. The Balaban J connectivity index is 1.69. The second-order valence-electron chi connectivity index (χ2n) is 4.44. The van der Waals surface area contributed by atoms with Crippen molar-refractivity contribution < 1.29 is 18.0 Å². The Morgan fingerprint density at radius 1 is 1.22 bits per heavy atom. The minimum Gasteiger partial charge on any atom is -0.419 e. The van der Waals surface area contributed by atoms with Gasteiger partial charge in [-0.3, -0.25) is 9.78 Å². The van der Waals surface area contributed by atoms with Gasteiger partial charge in [-0.05, 0) is 12.1 Å². The normalized spacial score (nSPS) is 10.5. The summed E-state index contributed by atoms with van der Waals surface area (Å²) in [5.74, 6) is -1.91. The Hall–Kier alpha value is -3.23. The number of nitrogens with one attached hydrogen (secondary N) is 1. The van der Waals surface area contributed by atoms with Crippen molar-refractivity contribution in [3.05, 3.63) is 54.3 Å². The first-order chi connectivity index (χ1) is 11.1. The monoisotopic (exact) mass is 317 g/mol. The van der Waals surface area contributed by atoms with Gasteiger partial charge >= 0.3 is 0 Å². The second-order valence-corrected chi connectivity index (χ2v) is 4.44. The summed E-state index contributed by atoms with van der Waals surface area (Å²) in [4.78, 5) is 19.7. The van der Waals surface area contributed by atoms with E-state index in [0.717, 1.165) is 18.2 Å². The van der Waals surface area contributed by atoms with Gasteiger partial charge in [0.25, 0.3) is 5.89 Å². The first-order valence-electron chi connectivity index (χ1n) is 6.45. The summed E-state index contributed by atoms with van der Waals surface area (Å²) in [5, 5.41) is 9.68. The fraction of sp³-hybridized carbons (Fsp3) is 0.0714. The quantitative estimate of drug-likeness (QED) is 0.791. The molecule has 3 aromatic rings. The lowest BCUT2D eigenvalue weighted by Gasteiger charge is -2.04. The number of carbonyl (C=O) groups is 1. The molecule has 2 heterocycles. The SMILES string of the molecule is O=C(Cc1nnc(-c2cnccn2)o1)Nc1cc(F)ccc1F. The summed E-state index contributed by atoms with van der Waals surface area (Å²) in [6, 6.07) is 2.76. The van der Waals surface area contributed by atoms with E-state index >= 15 is 0 Å². The van der Waals surface area contributed by atoms with Crippen LogP contribution in [0.3, 0.4) is 0 Å². The van der Waals surface area contributed by atoms with Crippen LogP contribution in [-0.2, 0) is 11.2 Å². The average molecular weight is 317 g/mol. The topological polar surface area (TPSA) is 93.8 Å². The lowest BCUT2D eigenvalue weighted by atomic mass is 10.3. The number of amides is 1. The molecule has 0 radical (unpaired) electrons. The van der Waals surface area contributed by atoms with Gasteiger partial charge in [0.15, 0.2) is 0 Å². The zero-order valence-electron chi connectivity index (χ0n) is 11.5. The molecule has 116 valence electrons. The van der Waals surface area contributed by atoms with E-state index in [2.05, 4.69) is 25.5 Å². The number of nitrogens with zero attached hydrogens (tertiary/aromatic N) is 4. The molecule has 0 spiro atoms. The Bertz CT molecular complexity index is 838. The summed E-state index contributed by atoms with van der Waals surface area (Å²) in [6.07, 6.45) is 4.09. The molecule has 23 heavy (non-hydrogen) atoms. The fourth-order valence-electron chi connectivity index (χ4n) is 1.76. The maximum atomic E-state index is 13.4. The summed E-state index contributed by atoms with van der Waals surface area (Å²) >= 11 is 0. The number of benzene rings is 1. The Morgan fingerprint density at radius 2 is 2.09 bits per heavy atom. The molecule has 0 unspecified atom stereocenters. The third kappa shape index (κ3) is 3.51. The van der Waals surface area contributed by atoms with E-state index in [0.29, 0.717) is 5.69 Å². The van der Waals surface area contributed by atoms with Gasteiger partial charge in [-0.25, -0.2) is 13.8 Å². The number of carbonyl (C=O) groups excluding carboxylic acids is 1. The van der Waals surface area contributed by atoms with Crippen LogP contribution in [0, 0.1) is 11.6 Å². The van der Waals surface area contributed by atoms with Crippen LogP contribution < -0.4 is 5.32 Å². The minimum atomic E-state index is -0.745. The molecule has 0 saturated carbocycles. The van der Waals surface area contributed by atoms with Crippen molar-refractivity contribution in [1.82, 2.24) is 20.2 Å². The lowest BCUT2D eigenvalue weighted by Crippen LogP contribution is -2.15.